The average Bonchev–Trinajstić information content (AvgIpc) is 3.70. The number of aromatic nitrogens is 3. The van der Waals surface area contributed by atoms with E-state index in [2.05, 4.69) is 206 Å². The highest BCUT2D eigenvalue weighted by Crippen LogP contribution is 2.61. The lowest BCUT2D eigenvalue weighted by Gasteiger charge is -2.57. The van der Waals surface area contributed by atoms with Gasteiger partial charge in [0, 0.05) is 28.5 Å². The zero-order valence-electron chi connectivity index (χ0n) is 41.6. The molecule has 0 spiro atoms. The zero-order chi connectivity index (χ0) is 47.3. The Morgan fingerprint density at radius 2 is 1.13 bits per heavy atom. The lowest BCUT2D eigenvalue weighted by Crippen LogP contribution is -2.48. The molecule has 4 bridgehead atoms. The fourth-order valence-electron chi connectivity index (χ4n) is 12.7. The number of phenolic OH excluding ortho intramolecular Hbond substituents is 1. The van der Waals surface area contributed by atoms with Gasteiger partial charge in [0.15, 0.2) is 0 Å². The van der Waals surface area contributed by atoms with Crippen molar-refractivity contribution in [2.45, 2.75) is 122 Å². The molecule has 4 aliphatic rings. The minimum atomic E-state index is -0.314. The van der Waals surface area contributed by atoms with Crippen LogP contribution < -0.4 is 0 Å². The third kappa shape index (κ3) is 7.88. The van der Waals surface area contributed by atoms with Gasteiger partial charge in [-0.15, -0.1) is 0 Å². The van der Waals surface area contributed by atoms with Crippen LogP contribution in [0.1, 0.15) is 123 Å². The molecule has 4 nitrogen and oxygen atoms in total. The Morgan fingerprint density at radius 3 is 1.76 bits per heavy atom. The number of phenols is 1. The summed E-state index contributed by atoms with van der Waals surface area (Å²) in [7, 11) is 0. The van der Waals surface area contributed by atoms with Crippen molar-refractivity contribution in [2.75, 3.05) is 0 Å². The van der Waals surface area contributed by atoms with Gasteiger partial charge >= 0.3 is 0 Å². The molecule has 6 aromatic carbocycles. The number of rotatable bonds is 7. The van der Waals surface area contributed by atoms with Crippen LogP contribution in [0.2, 0.25) is 0 Å². The molecule has 0 aliphatic heterocycles. The second-order valence-corrected chi connectivity index (χ2v) is 24.0. The number of para-hydroxylation sites is 1. The molecular formula is C64H67N3O. The molecule has 0 radical (unpaired) electrons. The van der Waals surface area contributed by atoms with E-state index in [0.717, 1.165) is 84.9 Å². The normalized spacial score (nSPS) is 20.3. The van der Waals surface area contributed by atoms with E-state index in [1.54, 1.807) is 0 Å². The summed E-state index contributed by atoms with van der Waals surface area (Å²) in [5, 5.41) is 12.7. The van der Waals surface area contributed by atoms with Gasteiger partial charge in [-0.2, -0.15) is 0 Å². The van der Waals surface area contributed by atoms with E-state index in [1.165, 1.54) is 66.3 Å². The Labute approximate surface area is 404 Å². The van der Waals surface area contributed by atoms with Gasteiger partial charge in [0.25, 0.3) is 0 Å². The second-order valence-electron chi connectivity index (χ2n) is 24.0. The van der Waals surface area contributed by atoms with E-state index in [-0.39, 0.29) is 27.4 Å². The fourth-order valence-corrected chi connectivity index (χ4v) is 12.7. The van der Waals surface area contributed by atoms with Crippen LogP contribution in [0.5, 0.6) is 5.75 Å². The summed E-state index contributed by atoms with van der Waals surface area (Å²) >= 11 is 0. The first kappa shape index (κ1) is 44.3. The number of imidazole rings is 1. The number of aromatic hydroxyl groups is 1. The molecule has 0 saturated heterocycles. The maximum atomic E-state index is 12.7. The van der Waals surface area contributed by atoms with Gasteiger partial charge in [-0.25, -0.2) is 4.98 Å². The zero-order valence-corrected chi connectivity index (χ0v) is 41.6. The highest BCUT2D eigenvalue weighted by molar-refractivity contribution is 5.98. The van der Waals surface area contributed by atoms with Gasteiger partial charge in [0.05, 0.1) is 28.0 Å². The van der Waals surface area contributed by atoms with Crippen molar-refractivity contribution in [3.63, 3.8) is 0 Å². The minimum Gasteiger partial charge on any atom is -0.507 e. The number of pyridine rings is 1. The predicted octanol–water partition coefficient (Wildman–Crippen LogP) is 16.8. The first-order valence-corrected chi connectivity index (χ1v) is 25.2. The van der Waals surface area contributed by atoms with E-state index in [0.29, 0.717) is 0 Å². The van der Waals surface area contributed by atoms with Crippen LogP contribution in [0.15, 0.2) is 146 Å². The van der Waals surface area contributed by atoms with Gasteiger partial charge in [0.1, 0.15) is 11.6 Å². The number of hydrogen-bond acceptors (Lipinski definition) is 3. The molecule has 0 amide bonds. The average molecular weight is 894 g/mol. The van der Waals surface area contributed by atoms with Crippen molar-refractivity contribution in [1.29, 1.82) is 0 Å². The maximum Gasteiger partial charge on any atom is 0.149 e. The van der Waals surface area contributed by atoms with Crippen molar-refractivity contribution in [1.82, 2.24) is 14.5 Å². The quantitative estimate of drug-likeness (QED) is 0.173. The summed E-state index contributed by atoms with van der Waals surface area (Å²) in [6.07, 6.45) is 9.98. The van der Waals surface area contributed by atoms with Crippen LogP contribution >= 0.6 is 0 Å². The molecule has 2 aromatic heterocycles. The van der Waals surface area contributed by atoms with E-state index in [1.807, 2.05) is 6.20 Å². The maximum absolute atomic E-state index is 12.7. The summed E-state index contributed by atoms with van der Waals surface area (Å²) in [5.74, 6) is 3.45. The molecule has 4 saturated carbocycles. The number of nitrogens with zero attached hydrogens (tertiary/aromatic N) is 3. The van der Waals surface area contributed by atoms with Crippen LogP contribution in [-0.2, 0) is 21.7 Å². The second kappa shape index (κ2) is 16.2. The molecule has 4 fully saturated rings. The van der Waals surface area contributed by atoms with Crippen LogP contribution in [0, 0.1) is 17.8 Å². The lowest BCUT2D eigenvalue weighted by molar-refractivity contribution is -0.00515. The van der Waals surface area contributed by atoms with Crippen molar-refractivity contribution in [3.05, 3.63) is 168 Å². The van der Waals surface area contributed by atoms with Gasteiger partial charge in [-0.1, -0.05) is 153 Å². The topological polar surface area (TPSA) is 50.9 Å². The smallest absolute Gasteiger partial charge is 0.149 e. The van der Waals surface area contributed by atoms with Gasteiger partial charge in [-0.05, 0) is 165 Å². The Balaban J connectivity index is 1.20. The largest absolute Gasteiger partial charge is 0.507 e. The van der Waals surface area contributed by atoms with Crippen molar-refractivity contribution >= 4 is 11.0 Å². The first-order chi connectivity index (χ1) is 32.4. The molecule has 68 heavy (non-hydrogen) atoms. The van der Waals surface area contributed by atoms with E-state index in [4.69, 9.17) is 9.97 Å². The molecule has 1 N–H and O–H groups in total. The standard InChI is InChI=1S/C64H67N3O/c1-61(2,3)48-23-24-56(52(34-48)44-19-14-11-15-20-44)67-57-22-16-21-51(58(57)66-60(67)53-35-49(62(4,5)6)36-54(59(53)68)63(7,8)9)46-30-47(55-33-45(25-26-65-55)43-17-12-10-13-18-43)32-50(31-46)64-37-40-27-41(38-64)29-42(28-40)39-64/h10-26,30-36,40-42,68H,27-29,37-39H2,1-9H3. The van der Waals surface area contributed by atoms with Crippen LogP contribution in [0.3, 0.4) is 0 Å². The van der Waals surface area contributed by atoms with E-state index in [9.17, 15) is 5.11 Å². The Morgan fingerprint density at radius 1 is 0.515 bits per heavy atom. The number of benzene rings is 6. The minimum absolute atomic E-state index is 0.0646. The van der Waals surface area contributed by atoms with Crippen molar-refractivity contribution in [2.24, 2.45) is 17.8 Å². The highest BCUT2D eigenvalue weighted by atomic mass is 16.3. The molecule has 0 atom stereocenters. The predicted molar refractivity (Wildman–Crippen MR) is 284 cm³/mol. The van der Waals surface area contributed by atoms with Gasteiger partial charge in [-0.3, -0.25) is 9.55 Å². The summed E-state index contributed by atoms with van der Waals surface area (Å²) in [6, 6.07) is 51.3. The summed E-state index contributed by atoms with van der Waals surface area (Å²) in [6.45, 7) is 20.2. The number of hydrogen-bond donors (Lipinski definition) is 1. The van der Waals surface area contributed by atoms with Crippen molar-refractivity contribution < 1.29 is 5.11 Å². The molecule has 4 heteroatoms. The lowest BCUT2D eigenvalue weighted by atomic mass is 9.48. The summed E-state index contributed by atoms with van der Waals surface area (Å²) < 4.78 is 2.34. The molecule has 8 aromatic rings. The molecule has 0 unspecified atom stereocenters. The Kier molecular flexibility index (Phi) is 10.5. The molecular weight excluding hydrogens is 827 g/mol. The molecule has 344 valence electrons. The van der Waals surface area contributed by atoms with E-state index >= 15 is 0 Å². The van der Waals surface area contributed by atoms with Crippen LogP contribution in [0.25, 0.3) is 72.7 Å². The molecule has 4 aliphatic carbocycles. The molecule has 12 rings (SSSR count). The fraction of sp³-hybridized carbons (Fsp3) is 0.344. The molecule has 2 heterocycles. The van der Waals surface area contributed by atoms with Crippen molar-refractivity contribution in [3.8, 4) is 67.5 Å². The van der Waals surface area contributed by atoms with Crippen LogP contribution in [-0.4, -0.2) is 19.6 Å². The summed E-state index contributed by atoms with van der Waals surface area (Å²) in [5.41, 5.74) is 17.1. The SMILES string of the molecule is CC(C)(C)c1ccc(-n2c(-c3cc(C(C)(C)C)cc(C(C)(C)C)c3O)nc3c(-c4cc(-c5cc(-c6ccccc6)ccn5)cc(C56CC7CC(CC(C7)C5)C6)c4)cccc32)c(-c2ccccc2)c1. The number of fused-ring (bicyclic) bond motifs is 1. The third-order valence-electron chi connectivity index (χ3n) is 16.0. The Hall–Kier alpha value is -6.26. The van der Waals surface area contributed by atoms with E-state index < -0.39 is 0 Å². The highest BCUT2D eigenvalue weighted by Gasteiger charge is 2.51. The Bertz CT molecular complexity index is 3170. The van der Waals surface area contributed by atoms with Gasteiger partial charge < -0.3 is 5.11 Å². The first-order valence-electron chi connectivity index (χ1n) is 25.2. The monoisotopic (exact) mass is 894 g/mol. The van der Waals surface area contributed by atoms with Gasteiger partial charge in [0.2, 0.25) is 0 Å². The summed E-state index contributed by atoms with van der Waals surface area (Å²) in [4.78, 5) is 10.9. The third-order valence-corrected chi connectivity index (χ3v) is 16.0. The van der Waals surface area contributed by atoms with Crippen LogP contribution in [0.4, 0.5) is 0 Å².